The first-order chi connectivity index (χ1) is 12.0. The third kappa shape index (κ3) is 3.53. The molecule has 0 bridgehead atoms. The van der Waals surface area contributed by atoms with Crippen molar-refractivity contribution in [3.8, 4) is 0 Å². The number of nitrogens with zero attached hydrogens (tertiary/aromatic N) is 4. The molecule has 1 aromatic heterocycles. The monoisotopic (exact) mass is 348 g/mol. The second-order valence-electron chi connectivity index (χ2n) is 7.83. The Hall–Kier alpha value is -1.60. The summed E-state index contributed by atoms with van der Waals surface area (Å²) in [6, 6.07) is 0.157. The maximum absolute atomic E-state index is 12.2. The van der Waals surface area contributed by atoms with Gasteiger partial charge in [-0.25, -0.2) is 4.79 Å². The van der Waals surface area contributed by atoms with Gasteiger partial charge in [-0.3, -0.25) is 5.10 Å². The third-order valence-electron chi connectivity index (χ3n) is 6.10. The zero-order valence-electron chi connectivity index (χ0n) is 16.0. The van der Waals surface area contributed by atoms with Gasteiger partial charge < -0.3 is 20.0 Å². The molecule has 1 spiro atoms. The predicted octanol–water partition coefficient (Wildman–Crippen LogP) is 1.45. The number of nitrogens with one attached hydrogen (secondary N) is 2. The van der Waals surface area contributed by atoms with Crippen molar-refractivity contribution in [2.75, 3.05) is 47.8 Å². The van der Waals surface area contributed by atoms with Crippen LogP contribution in [0.25, 0.3) is 0 Å². The van der Waals surface area contributed by atoms with E-state index < -0.39 is 0 Å². The molecular formula is C18H32N6O. The van der Waals surface area contributed by atoms with Gasteiger partial charge in [0, 0.05) is 58.0 Å². The van der Waals surface area contributed by atoms with E-state index in [-0.39, 0.29) is 11.6 Å². The highest BCUT2D eigenvalue weighted by molar-refractivity contribution is 5.77. The summed E-state index contributed by atoms with van der Waals surface area (Å²) >= 11 is 0. The molecule has 2 fully saturated rings. The maximum atomic E-state index is 12.2. The number of hydrogen-bond acceptors (Lipinski definition) is 4. The Balaban J connectivity index is 1.62. The van der Waals surface area contributed by atoms with Crippen LogP contribution in [0, 0.1) is 0 Å². The normalized spacial score (nSPS) is 27.1. The number of aromatic nitrogens is 2. The molecule has 0 aromatic carbocycles. The Kier molecular flexibility index (Phi) is 5.34. The first-order valence-electron chi connectivity index (χ1n) is 9.31. The van der Waals surface area contributed by atoms with Gasteiger partial charge in [-0.1, -0.05) is 0 Å². The lowest BCUT2D eigenvalue weighted by Crippen LogP contribution is -2.47. The molecule has 1 aliphatic heterocycles. The van der Waals surface area contributed by atoms with E-state index >= 15 is 0 Å². The predicted molar refractivity (Wildman–Crippen MR) is 98.6 cm³/mol. The largest absolute Gasteiger partial charge is 0.325 e. The molecule has 1 saturated carbocycles. The van der Waals surface area contributed by atoms with Crippen molar-refractivity contribution >= 4 is 6.03 Å². The topological polar surface area (TPSA) is 67.5 Å². The van der Waals surface area contributed by atoms with Crippen LogP contribution in [-0.2, 0) is 6.54 Å². The number of urea groups is 1. The number of H-pyrrole nitrogens is 1. The molecule has 7 heteroatoms. The van der Waals surface area contributed by atoms with Crippen LogP contribution in [0.3, 0.4) is 0 Å². The summed E-state index contributed by atoms with van der Waals surface area (Å²) < 4.78 is 0. The van der Waals surface area contributed by atoms with E-state index in [9.17, 15) is 4.79 Å². The smallest absolute Gasteiger partial charge is 0.320 e. The Morgan fingerprint density at radius 2 is 2.12 bits per heavy atom. The van der Waals surface area contributed by atoms with Crippen LogP contribution in [0.5, 0.6) is 0 Å². The van der Waals surface area contributed by atoms with Gasteiger partial charge in [-0.2, -0.15) is 5.10 Å². The molecule has 2 aliphatic rings. The van der Waals surface area contributed by atoms with Gasteiger partial charge in [0.1, 0.15) is 0 Å². The van der Waals surface area contributed by atoms with Crippen LogP contribution in [-0.4, -0.2) is 84.3 Å². The fourth-order valence-electron chi connectivity index (χ4n) is 4.47. The summed E-state index contributed by atoms with van der Waals surface area (Å²) in [4.78, 5) is 18.3. The first-order valence-corrected chi connectivity index (χ1v) is 9.31. The van der Waals surface area contributed by atoms with E-state index in [2.05, 4.69) is 33.7 Å². The van der Waals surface area contributed by atoms with E-state index in [1.807, 2.05) is 30.9 Å². The minimum atomic E-state index is 0.0301. The molecule has 0 unspecified atom stereocenters. The molecule has 1 saturated heterocycles. The van der Waals surface area contributed by atoms with E-state index in [4.69, 9.17) is 0 Å². The maximum Gasteiger partial charge on any atom is 0.320 e. The molecule has 1 aromatic rings. The van der Waals surface area contributed by atoms with Crippen LogP contribution >= 0.6 is 0 Å². The zero-order chi connectivity index (χ0) is 18.0. The molecule has 0 atom stereocenters. The molecule has 140 valence electrons. The van der Waals surface area contributed by atoms with Crippen LogP contribution < -0.4 is 5.32 Å². The van der Waals surface area contributed by atoms with E-state index in [1.165, 1.54) is 11.3 Å². The summed E-state index contributed by atoms with van der Waals surface area (Å²) in [5.41, 5.74) is 2.57. The highest BCUT2D eigenvalue weighted by Crippen LogP contribution is 2.43. The Morgan fingerprint density at radius 3 is 2.72 bits per heavy atom. The minimum absolute atomic E-state index is 0.0301. The van der Waals surface area contributed by atoms with Crippen molar-refractivity contribution in [1.82, 2.24) is 30.2 Å². The van der Waals surface area contributed by atoms with Crippen molar-refractivity contribution in [2.45, 2.75) is 43.7 Å². The average Bonchev–Trinajstić information content (AvgIpc) is 3.14. The number of amides is 2. The molecule has 25 heavy (non-hydrogen) atoms. The second kappa shape index (κ2) is 7.33. The van der Waals surface area contributed by atoms with Gasteiger partial charge >= 0.3 is 6.03 Å². The minimum Gasteiger partial charge on any atom is -0.325 e. The number of likely N-dealkylation sites (N-methyl/N-ethyl adjacent to an activating group) is 4. The second-order valence-corrected chi connectivity index (χ2v) is 7.83. The van der Waals surface area contributed by atoms with Gasteiger partial charge in [0.2, 0.25) is 0 Å². The SMILES string of the molecule is CNCCN(C)Cc1c[nH]nc1C1CCC2(CC1)CN(C)C(=O)N2C. The number of aromatic amines is 1. The third-order valence-corrected chi connectivity index (χ3v) is 6.10. The lowest BCUT2D eigenvalue weighted by molar-refractivity contribution is 0.132. The fraction of sp³-hybridized carbons (Fsp3) is 0.778. The summed E-state index contributed by atoms with van der Waals surface area (Å²) in [6.07, 6.45) is 6.37. The van der Waals surface area contributed by atoms with Gasteiger partial charge in [-0.05, 0) is 39.8 Å². The summed E-state index contributed by atoms with van der Waals surface area (Å²) in [5.74, 6) is 0.499. The molecule has 7 nitrogen and oxygen atoms in total. The number of carbonyl (C=O) groups is 1. The van der Waals surface area contributed by atoms with Crippen LogP contribution in [0.2, 0.25) is 0 Å². The molecule has 2 heterocycles. The number of hydrogen-bond donors (Lipinski definition) is 2. The molecule has 0 radical (unpaired) electrons. The quantitative estimate of drug-likeness (QED) is 0.817. The standard InChI is InChI=1S/C18H32N6O/c1-19-9-10-22(2)12-15-11-20-21-16(15)14-5-7-18(8-6-14)13-23(3)17(25)24(18)4/h11,14,19H,5-10,12-13H2,1-4H3,(H,20,21). The molecule has 3 rings (SSSR count). The van der Waals surface area contributed by atoms with Crippen molar-refractivity contribution < 1.29 is 4.79 Å². The van der Waals surface area contributed by atoms with E-state index in [0.29, 0.717) is 5.92 Å². The van der Waals surface area contributed by atoms with Crippen LogP contribution in [0.4, 0.5) is 4.79 Å². The first kappa shape index (κ1) is 18.2. The average molecular weight is 348 g/mol. The summed E-state index contributed by atoms with van der Waals surface area (Å²) in [6.45, 7) is 3.79. The Labute approximate surface area is 150 Å². The van der Waals surface area contributed by atoms with Crippen molar-refractivity contribution in [3.63, 3.8) is 0 Å². The molecule has 2 N–H and O–H groups in total. The van der Waals surface area contributed by atoms with Crippen LogP contribution in [0.1, 0.15) is 42.9 Å². The van der Waals surface area contributed by atoms with Crippen molar-refractivity contribution in [3.05, 3.63) is 17.5 Å². The zero-order valence-corrected chi connectivity index (χ0v) is 16.0. The summed E-state index contributed by atoms with van der Waals surface area (Å²) in [5, 5.41) is 10.8. The lowest BCUT2D eigenvalue weighted by Gasteiger charge is -2.40. The van der Waals surface area contributed by atoms with Crippen molar-refractivity contribution in [1.29, 1.82) is 0 Å². The lowest BCUT2D eigenvalue weighted by atomic mass is 9.74. The van der Waals surface area contributed by atoms with E-state index in [1.54, 1.807) is 0 Å². The highest BCUT2D eigenvalue weighted by atomic mass is 16.2. The Morgan fingerprint density at radius 1 is 1.40 bits per heavy atom. The summed E-state index contributed by atoms with van der Waals surface area (Å²) in [7, 11) is 8.01. The van der Waals surface area contributed by atoms with Gasteiger partial charge in [-0.15, -0.1) is 0 Å². The van der Waals surface area contributed by atoms with Crippen LogP contribution in [0.15, 0.2) is 6.20 Å². The van der Waals surface area contributed by atoms with Gasteiger partial charge in [0.05, 0.1) is 11.2 Å². The Bertz CT molecular complexity index is 592. The molecular weight excluding hydrogens is 316 g/mol. The van der Waals surface area contributed by atoms with Crippen molar-refractivity contribution in [2.24, 2.45) is 0 Å². The fourth-order valence-corrected chi connectivity index (χ4v) is 4.47. The number of carbonyl (C=O) groups excluding carboxylic acids is 1. The van der Waals surface area contributed by atoms with Gasteiger partial charge in [0.25, 0.3) is 0 Å². The highest BCUT2D eigenvalue weighted by Gasteiger charge is 2.48. The van der Waals surface area contributed by atoms with Gasteiger partial charge in [0.15, 0.2) is 0 Å². The number of rotatable bonds is 6. The van der Waals surface area contributed by atoms with E-state index in [0.717, 1.165) is 51.9 Å². The molecule has 2 amide bonds. The molecule has 1 aliphatic carbocycles.